The Morgan fingerprint density at radius 2 is 1.56 bits per heavy atom. The van der Waals surface area contributed by atoms with Crippen molar-refractivity contribution < 1.29 is 18.0 Å². The zero-order chi connectivity index (χ0) is 19.4. The minimum atomic E-state index is -4.42. The number of hydrogen-bond donors (Lipinski definition) is 0. The largest absolute Gasteiger partial charge is 0.416 e. The summed E-state index contributed by atoms with van der Waals surface area (Å²) >= 11 is 0. The molecule has 7 heteroatoms. The molecule has 1 aliphatic rings. The zero-order valence-corrected chi connectivity index (χ0v) is 14.5. The molecule has 1 aliphatic heterocycles. The smallest absolute Gasteiger partial charge is 0.336 e. The van der Waals surface area contributed by atoms with Gasteiger partial charge in [0.1, 0.15) is 6.04 Å². The molecule has 1 amide bonds. The summed E-state index contributed by atoms with van der Waals surface area (Å²) in [5.41, 5.74) is 0.363. The maximum atomic E-state index is 12.6. The molecule has 1 fully saturated rings. The van der Waals surface area contributed by atoms with E-state index < -0.39 is 11.7 Å². The Kier molecular flexibility index (Phi) is 5.47. The van der Waals surface area contributed by atoms with Gasteiger partial charge in [0, 0.05) is 31.7 Å². The first kappa shape index (κ1) is 18.9. The fourth-order valence-corrected chi connectivity index (χ4v) is 3.17. The van der Waals surface area contributed by atoms with Gasteiger partial charge in [-0.1, -0.05) is 30.3 Å². The third-order valence-electron chi connectivity index (χ3n) is 4.66. The molecule has 0 aliphatic carbocycles. The molecule has 3 rings (SSSR count). The number of halogens is 3. The van der Waals surface area contributed by atoms with Gasteiger partial charge in [-0.15, -0.1) is 0 Å². The minimum Gasteiger partial charge on any atom is -0.336 e. The monoisotopic (exact) mass is 373 g/mol. The number of nitrogens with zero attached hydrogens (tertiary/aromatic N) is 3. The summed E-state index contributed by atoms with van der Waals surface area (Å²) in [5.74, 6) is -0.295. The van der Waals surface area contributed by atoms with Gasteiger partial charge >= 0.3 is 6.18 Å². The molecule has 140 valence electrons. The highest BCUT2D eigenvalue weighted by Gasteiger charge is 2.31. The third-order valence-corrected chi connectivity index (χ3v) is 4.66. The molecule has 0 bridgehead atoms. The van der Waals surface area contributed by atoms with E-state index in [1.165, 1.54) is 12.1 Å². The van der Waals surface area contributed by atoms with Gasteiger partial charge < -0.3 is 4.90 Å². The SMILES string of the molecule is N#C[C@H](c1ccccc1)N1CCN(C(=O)c2ccc(C(F)(F)F)cc2)CC1. The molecule has 27 heavy (non-hydrogen) atoms. The molecule has 1 heterocycles. The van der Waals surface area contributed by atoms with Gasteiger partial charge in [-0.25, -0.2) is 0 Å². The minimum absolute atomic E-state index is 0.233. The molecule has 0 N–H and O–H groups in total. The lowest BCUT2D eigenvalue weighted by atomic mass is 10.1. The van der Waals surface area contributed by atoms with Crippen molar-refractivity contribution in [2.75, 3.05) is 26.2 Å². The molecule has 2 aromatic rings. The second-order valence-corrected chi connectivity index (χ2v) is 6.35. The molecule has 0 spiro atoms. The number of benzene rings is 2. The lowest BCUT2D eigenvalue weighted by Crippen LogP contribution is -2.49. The maximum absolute atomic E-state index is 12.6. The number of amides is 1. The van der Waals surface area contributed by atoms with Gasteiger partial charge in [-0.3, -0.25) is 9.69 Å². The number of carbonyl (C=O) groups excluding carboxylic acids is 1. The molecular formula is C20H18F3N3O. The highest BCUT2D eigenvalue weighted by Crippen LogP contribution is 2.29. The van der Waals surface area contributed by atoms with Crippen LogP contribution in [0.25, 0.3) is 0 Å². The van der Waals surface area contributed by atoms with Crippen molar-refractivity contribution in [2.24, 2.45) is 0 Å². The van der Waals surface area contributed by atoms with Gasteiger partial charge in [0.25, 0.3) is 5.91 Å². The Labute approximate surface area is 155 Å². The van der Waals surface area contributed by atoms with Crippen LogP contribution in [0, 0.1) is 11.3 Å². The third kappa shape index (κ3) is 4.29. The highest BCUT2D eigenvalue weighted by atomic mass is 19.4. The average molecular weight is 373 g/mol. The van der Waals surface area contributed by atoms with Crippen LogP contribution in [0.4, 0.5) is 13.2 Å². The molecule has 0 saturated carbocycles. The number of alkyl halides is 3. The van der Waals surface area contributed by atoms with E-state index in [-0.39, 0.29) is 17.5 Å². The average Bonchev–Trinajstić information content (AvgIpc) is 2.69. The molecule has 2 aromatic carbocycles. The van der Waals surface area contributed by atoms with E-state index in [4.69, 9.17) is 0 Å². The first-order valence-electron chi connectivity index (χ1n) is 8.55. The topological polar surface area (TPSA) is 47.3 Å². The van der Waals surface area contributed by atoms with Crippen molar-refractivity contribution >= 4 is 5.91 Å². The van der Waals surface area contributed by atoms with Crippen molar-refractivity contribution in [1.29, 1.82) is 5.26 Å². The summed E-state index contributed by atoms with van der Waals surface area (Å²) in [7, 11) is 0. The molecule has 0 aromatic heterocycles. The van der Waals surface area contributed by atoms with E-state index in [9.17, 15) is 23.2 Å². The number of piperazine rings is 1. The van der Waals surface area contributed by atoms with Gasteiger partial charge in [-0.2, -0.15) is 18.4 Å². The second kappa shape index (κ2) is 7.80. The van der Waals surface area contributed by atoms with Crippen LogP contribution in [0.5, 0.6) is 0 Å². The van der Waals surface area contributed by atoms with Crippen LogP contribution in [-0.4, -0.2) is 41.9 Å². The molecular weight excluding hydrogens is 355 g/mol. The predicted octanol–water partition coefficient (Wildman–Crippen LogP) is 3.73. The van der Waals surface area contributed by atoms with E-state index in [2.05, 4.69) is 6.07 Å². The van der Waals surface area contributed by atoms with Crippen LogP contribution in [0.1, 0.15) is 27.5 Å². The van der Waals surface area contributed by atoms with Crippen LogP contribution in [0.3, 0.4) is 0 Å². The van der Waals surface area contributed by atoms with Crippen molar-refractivity contribution in [3.05, 3.63) is 71.3 Å². The van der Waals surface area contributed by atoms with E-state index in [1.807, 2.05) is 35.2 Å². The summed E-state index contributed by atoms with van der Waals surface area (Å²) in [6.45, 7) is 1.90. The van der Waals surface area contributed by atoms with Crippen LogP contribution in [-0.2, 0) is 6.18 Å². The Morgan fingerprint density at radius 1 is 0.963 bits per heavy atom. The van der Waals surface area contributed by atoms with E-state index >= 15 is 0 Å². The Morgan fingerprint density at radius 3 is 2.07 bits per heavy atom. The number of hydrogen-bond acceptors (Lipinski definition) is 3. The summed E-state index contributed by atoms with van der Waals surface area (Å²) in [4.78, 5) is 16.2. The van der Waals surface area contributed by atoms with Gasteiger partial charge in [0.2, 0.25) is 0 Å². The van der Waals surface area contributed by atoms with Gasteiger partial charge in [0.15, 0.2) is 0 Å². The summed E-state index contributed by atoms with van der Waals surface area (Å²) in [6.07, 6.45) is -4.42. The second-order valence-electron chi connectivity index (χ2n) is 6.35. The summed E-state index contributed by atoms with van der Waals surface area (Å²) < 4.78 is 37.9. The Bertz CT molecular complexity index is 820. The summed E-state index contributed by atoms with van der Waals surface area (Å²) in [5, 5.41) is 9.51. The molecule has 1 atom stereocenters. The molecule has 0 unspecified atom stereocenters. The van der Waals surface area contributed by atoms with Gasteiger partial charge in [-0.05, 0) is 29.8 Å². The number of nitriles is 1. The van der Waals surface area contributed by atoms with E-state index in [0.717, 1.165) is 17.7 Å². The molecule has 0 radical (unpaired) electrons. The maximum Gasteiger partial charge on any atom is 0.416 e. The highest BCUT2D eigenvalue weighted by molar-refractivity contribution is 5.94. The quantitative estimate of drug-likeness (QED) is 0.824. The van der Waals surface area contributed by atoms with Crippen molar-refractivity contribution in [3.8, 4) is 6.07 Å². The number of carbonyl (C=O) groups is 1. The van der Waals surface area contributed by atoms with Crippen molar-refractivity contribution in [1.82, 2.24) is 9.80 Å². The van der Waals surface area contributed by atoms with Crippen molar-refractivity contribution in [2.45, 2.75) is 12.2 Å². The van der Waals surface area contributed by atoms with E-state index in [1.54, 1.807) is 4.90 Å². The Hall–Kier alpha value is -2.85. The van der Waals surface area contributed by atoms with Crippen LogP contribution >= 0.6 is 0 Å². The zero-order valence-electron chi connectivity index (χ0n) is 14.5. The van der Waals surface area contributed by atoms with Crippen LogP contribution < -0.4 is 0 Å². The van der Waals surface area contributed by atoms with Crippen LogP contribution in [0.15, 0.2) is 54.6 Å². The Balaban J connectivity index is 1.63. The summed E-state index contributed by atoms with van der Waals surface area (Å²) in [6, 6.07) is 15.6. The van der Waals surface area contributed by atoms with Crippen LogP contribution in [0.2, 0.25) is 0 Å². The molecule has 4 nitrogen and oxygen atoms in total. The molecule has 1 saturated heterocycles. The standard InChI is InChI=1S/C20H18F3N3O/c21-20(22,23)17-8-6-16(7-9-17)19(27)26-12-10-25(11-13-26)18(14-24)15-4-2-1-3-5-15/h1-9,18H,10-13H2/t18-/m1/s1. The lowest BCUT2D eigenvalue weighted by Gasteiger charge is -2.37. The van der Waals surface area contributed by atoms with Crippen molar-refractivity contribution in [3.63, 3.8) is 0 Å². The first-order valence-corrected chi connectivity index (χ1v) is 8.55. The lowest BCUT2D eigenvalue weighted by molar-refractivity contribution is -0.137. The van der Waals surface area contributed by atoms with Gasteiger partial charge in [0.05, 0.1) is 11.6 Å². The normalized spacial score (nSPS) is 16.6. The first-order chi connectivity index (χ1) is 12.9. The van der Waals surface area contributed by atoms with E-state index in [0.29, 0.717) is 26.2 Å². The fraction of sp³-hybridized carbons (Fsp3) is 0.300. The fourth-order valence-electron chi connectivity index (χ4n) is 3.17. The predicted molar refractivity (Wildman–Crippen MR) is 93.7 cm³/mol. The number of rotatable bonds is 3.